The summed E-state index contributed by atoms with van der Waals surface area (Å²) in [5.74, 6) is 0.379. The molecule has 6 heteroatoms. The van der Waals surface area contributed by atoms with Gasteiger partial charge in [-0.25, -0.2) is 12.8 Å². The third-order valence-corrected chi connectivity index (χ3v) is 4.68. The average Bonchev–Trinajstić information content (AvgIpc) is 2.61. The maximum atomic E-state index is 13.0. The van der Waals surface area contributed by atoms with Crippen molar-refractivity contribution in [3.63, 3.8) is 0 Å². The second-order valence-corrected chi connectivity index (χ2v) is 6.52. The van der Waals surface area contributed by atoms with Gasteiger partial charge in [-0.05, 0) is 24.6 Å². The van der Waals surface area contributed by atoms with Gasteiger partial charge in [0.05, 0.1) is 17.4 Å². The molecule has 1 aliphatic heterocycles. The summed E-state index contributed by atoms with van der Waals surface area (Å²) >= 11 is 5.68. The maximum Gasteiger partial charge on any atom is 0.154 e. The molecule has 1 saturated heterocycles. The number of rotatable bonds is 3. The minimum Gasteiger partial charge on any atom is -0.489 e. The summed E-state index contributed by atoms with van der Waals surface area (Å²) in [4.78, 5) is 0. The fourth-order valence-electron chi connectivity index (χ4n) is 1.80. The van der Waals surface area contributed by atoms with Gasteiger partial charge in [-0.15, -0.1) is 11.6 Å². The Balaban J connectivity index is 2.14. The smallest absolute Gasteiger partial charge is 0.154 e. The normalized spacial score (nSPS) is 22.6. The molecule has 1 aliphatic rings. The van der Waals surface area contributed by atoms with Gasteiger partial charge in [0.1, 0.15) is 17.7 Å². The van der Waals surface area contributed by atoms with Crippen molar-refractivity contribution >= 4 is 21.4 Å². The van der Waals surface area contributed by atoms with E-state index in [2.05, 4.69) is 0 Å². The van der Waals surface area contributed by atoms with Gasteiger partial charge in [-0.3, -0.25) is 0 Å². The Morgan fingerprint density at radius 2 is 2.24 bits per heavy atom. The summed E-state index contributed by atoms with van der Waals surface area (Å²) < 4.78 is 41.1. The molecule has 0 bridgehead atoms. The first-order chi connectivity index (χ1) is 8.00. The molecule has 0 amide bonds. The highest BCUT2D eigenvalue weighted by Gasteiger charge is 2.29. The Morgan fingerprint density at radius 1 is 1.47 bits per heavy atom. The molecule has 17 heavy (non-hydrogen) atoms. The maximum absolute atomic E-state index is 13.0. The van der Waals surface area contributed by atoms with E-state index in [-0.39, 0.29) is 29.3 Å². The Kier molecular flexibility index (Phi) is 3.58. The second-order valence-electron chi connectivity index (χ2n) is 4.03. The lowest BCUT2D eigenvalue weighted by Gasteiger charge is -2.14. The van der Waals surface area contributed by atoms with Crippen molar-refractivity contribution in [3.05, 3.63) is 29.6 Å². The first-order valence-electron chi connectivity index (χ1n) is 5.21. The van der Waals surface area contributed by atoms with E-state index in [0.717, 1.165) is 0 Å². The molecule has 0 radical (unpaired) electrons. The molecule has 1 atom stereocenters. The van der Waals surface area contributed by atoms with Gasteiger partial charge in [0, 0.05) is 5.56 Å². The van der Waals surface area contributed by atoms with Crippen LogP contribution in [-0.2, 0) is 15.7 Å². The van der Waals surface area contributed by atoms with Gasteiger partial charge >= 0.3 is 0 Å². The summed E-state index contributed by atoms with van der Waals surface area (Å²) in [7, 11) is -2.98. The molecule has 1 aromatic rings. The third kappa shape index (κ3) is 3.10. The zero-order chi connectivity index (χ0) is 12.5. The summed E-state index contributed by atoms with van der Waals surface area (Å²) in [6.07, 6.45) is 0.119. The van der Waals surface area contributed by atoms with Crippen LogP contribution in [-0.4, -0.2) is 26.0 Å². The number of benzene rings is 1. The number of sulfone groups is 1. The van der Waals surface area contributed by atoms with E-state index < -0.39 is 9.84 Å². The van der Waals surface area contributed by atoms with E-state index in [1.54, 1.807) is 0 Å². The predicted octanol–water partition coefficient (Wildman–Crippen LogP) is 2.13. The molecule has 1 aromatic carbocycles. The molecular formula is C11H12ClFO3S. The van der Waals surface area contributed by atoms with Crippen LogP contribution in [0.3, 0.4) is 0 Å². The van der Waals surface area contributed by atoms with Crippen molar-refractivity contribution in [2.45, 2.75) is 18.4 Å². The SMILES string of the molecule is O=S1(=O)CCC(Oc2ccc(F)cc2CCl)C1. The van der Waals surface area contributed by atoms with Crippen LogP contribution in [0.15, 0.2) is 18.2 Å². The van der Waals surface area contributed by atoms with Crippen LogP contribution in [0, 0.1) is 5.82 Å². The van der Waals surface area contributed by atoms with Gasteiger partial charge in [0.15, 0.2) is 9.84 Å². The van der Waals surface area contributed by atoms with Crippen LogP contribution in [0.25, 0.3) is 0 Å². The Bertz CT molecular complexity index is 515. The molecule has 1 fully saturated rings. The van der Waals surface area contributed by atoms with E-state index in [0.29, 0.717) is 17.7 Å². The minimum atomic E-state index is -2.98. The highest BCUT2D eigenvalue weighted by molar-refractivity contribution is 7.91. The molecule has 0 saturated carbocycles. The van der Waals surface area contributed by atoms with Gasteiger partial charge < -0.3 is 4.74 Å². The second kappa shape index (κ2) is 4.82. The van der Waals surface area contributed by atoms with Crippen LogP contribution in [0.4, 0.5) is 4.39 Å². The Morgan fingerprint density at radius 3 is 2.82 bits per heavy atom. The number of hydrogen-bond acceptors (Lipinski definition) is 3. The fourth-order valence-corrected chi connectivity index (χ4v) is 3.60. The highest BCUT2D eigenvalue weighted by atomic mass is 35.5. The predicted molar refractivity (Wildman–Crippen MR) is 63.6 cm³/mol. The van der Waals surface area contributed by atoms with Crippen molar-refractivity contribution < 1.29 is 17.5 Å². The van der Waals surface area contributed by atoms with E-state index in [1.807, 2.05) is 0 Å². The average molecular weight is 279 g/mol. The van der Waals surface area contributed by atoms with Crippen molar-refractivity contribution in [2.24, 2.45) is 0 Å². The van der Waals surface area contributed by atoms with E-state index in [9.17, 15) is 12.8 Å². The van der Waals surface area contributed by atoms with Crippen molar-refractivity contribution in [1.82, 2.24) is 0 Å². The highest BCUT2D eigenvalue weighted by Crippen LogP contribution is 2.25. The number of alkyl halides is 1. The van der Waals surface area contributed by atoms with Crippen LogP contribution in [0.1, 0.15) is 12.0 Å². The number of ether oxygens (including phenoxy) is 1. The van der Waals surface area contributed by atoms with Crippen molar-refractivity contribution in [2.75, 3.05) is 11.5 Å². The zero-order valence-electron chi connectivity index (χ0n) is 9.03. The molecule has 0 aromatic heterocycles. The topological polar surface area (TPSA) is 43.4 Å². The Hall–Kier alpha value is -0.810. The molecule has 0 spiro atoms. The largest absolute Gasteiger partial charge is 0.489 e. The monoisotopic (exact) mass is 278 g/mol. The first-order valence-corrected chi connectivity index (χ1v) is 7.57. The molecule has 1 heterocycles. The summed E-state index contributed by atoms with van der Waals surface area (Å²) in [5, 5.41) is 0. The molecule has 0 aliphatic carbocycles. The zero-order valence-corrected chi connectivity index (χ0v) is 10.6. The van der Waals surface area contributed by atoms with Crippen molar-refractivity contribution in [1.29, 1.82) is 0 Å². The van der Waals surface area contributed by atoms with Crippen LogP contribution < -0.4 is 4.74 Å². The lowest BCUT2D eigenvalue weighted by molar-refractivity contribution is 0.227. The van der Waals surface area contributed by atoms with Gasteiger partial charge in [-0.2, -0.15) is 0 Å². The van der Waals surface area contributed by atoms with Crippen LogP contribution in [0.2, 0.25) is 0 Å². The summed E-state index contributed by atoms with van der Waals surface area (Å²) in [5.41, 5.74) is 0.538. The van der Waals surface area contributed by atoms with E-state index >= 15 is 0 Å². The summed E-state index contributed by atoms with van der Waals surface area (Å²) in [6, 6.07) is 4.05. The van der Waals surface area contributed by atoms with E-state index in [1.165, 1.54) is 18.2 Å². The van der Waals surface area contributed by atoms with Crippen molar-refractivity contribution in [3.8, 4) is 5.75 Å². The molecule has 3 nitrogen and oxygen atoms in total. The van der Waals surface area contributed by atoms with Crippen LogP contribution >= 0.6 is 11.6 Å². The standard InChI is InChI=1S/C11H12ClFO3S/c12-6-8-5-9(13)1-2-11(8)16-10-3-4-17(14,15)7-10/h1-2,5,10H,3-4,6-7H2. The van der Waals surface area contributed by atoms with E-state index in [4.69, 9.17) is 16.3 Å². The Labute approximate surface area is 104 Å². The van der Waals surface area contributed by atoms with Gasteiger partial charge in [0.25, 0.3) is 0 Å². The molecular weight excluding hydrogens is 267 g/mol. The molecule has 2 rings (SSSR count). The molecule has 1 unspecified atom stereocenters. The van der Waals surface area contributed by atoms with Crippen LogP contribution in [0.5, 0.6) is 5.75 Å². The fraction of sp³-hybridized carbons (Fsp3) is 0.455. The summed E-state index contributed by atoms with van der Waals surface area (Å²) in [6.45, 7) is 0. The lowest BCUT2D eigenvalue weighted by Crippen LogP contribution is -2.18. The molecule has 94 valence electrons. The number of halogens is 2. The van der Waals surface area contributed by atoms with Gasteiger partial charge in [0.2, 0.25) is 0 Å². The number of hydrogen-bond donors (Lipinski definition) is 0. The minimum absolute atomic E-state index is 0.0199. The lowest BCUT2D eigenvalue weighted by atomic mass is 10.2. The van der Waals surface area contributed by atoms with Gasteiger partial charge in [-0.1, -0.05) is 0 Å². The quantitative estimate of drug-likeness (QED) is 0.796. The third-order valence-electron chi connectivity index (χ3n) is 2.65. The molecule has 0 N–H and O–H groups in total. The first kappa shape index (κ1) is 12.6.